The number of likely N-dealkylation sites (tertiary alicyclic amines) is 1. The molecular formula is C24H31Cl2N5O3. The number of ether oxygens (including phenoxy) is 1. The summed E-state index contributed by atoms with van der Waals surface area (Å²) in [4.78, 5) is 28.3. The summed E-state index contributed by atoms with van der Waals surface area (Å²) in [5, 5.41) is 7.85. The van der Waals surface area contributed by atoms with Gasteiger partial charge in [0, 0.05) is 29.2 Å². The predicted molar refractivity (Wildman–Crippen MR) is 136 cm³/mol. The lowest BCUT2D eigenvalue weighted by Gasteiger charge is -2.25. The van der Waals surface area contributed by atoms with E-state index in [0.717, 1.165) is 25.2 Å². The molecule has 0 saturated carbocycles. The lowest BCUT2D eigenvalue weighted by atomic mass is 10.1. The van der Waals surface area contributed by atoms with E-state index in [1.807, 2.05) is 26.0 Å². The molecule has 0 unspecified atom stereocenters. The van der Waals surface area contributed by atoms with Crippen LogP contribution in [0.25, 0.3) is 16.8 Å². The minimum atomic E-state index is -0.315. The summed E-state index contributed by atoms with van der Waals surface area (Å²) in [6.45, 7) is 7.20. The maximum absolute atomic E-state index is 13.4. The predicted octanol–water partition coefficient (Wildman–Crippen LogP) is 3.63. The highest BCUT2D eigenvalue weighted by Gasteiger charge is 2.18. The lowest BCUT2D eigenvalue weighted by Crippen LogP contribution is -2.37. The van der Waals surface area contributed by atoms with Crippen molar-refractivity contribution in [1.82, 2.24) is 24.4 Å². The molecule has 184 valence electrons. The van der Waals surface area contributed by atoms with Crippen molar-refractivity contribution in [3.8, 4) is 17.1 Å². The zero-order chi connectivity index (χ0) is 23.4. The Kier molecular flexibility index (Phi) is 8.99. The average molecular weight is 508 g/mol. The van der Waals surface area contributed by atoms with Crippen LogP contribution in [0.3, 0.4) is 0 Å². The van der Waals surface area contributed by atoms with Gasteiger partial charge in [-0.25, -0.2) is 4.52 Å². The van der Waals surface area contributed by atoms with Gasteiger partial charge in [-0.05, 0) is 51.9 Å². The van der Waals surface area contributed by atoms with Crippen molar-refractivity contribution < 1.29 is 9.53 Å². The molecule has 0 atom stereocenters. The SMILES string of the molecule is CC(C)NC(=O)Cn1c(-c2cccc(Cl)c2)cn2nc(OCCN3CCCCC3)cc2c1=O.Cl. The molecule has 0 radical (unpaired) electrons. The highest BCUT2D eigenvalue weighted by atomic mass is 35.5. The third-order valence-electron chi connectivity index (χ3n) is 5.69. The van der Waals surface area contributed by atoms with Gasteiger partial charge in [0.15, 0.2) is 0 Å². The van der Waals surface area contributed by atoms with Crippen molar-refractivity contribution >= 4 is 35.4 Å². The van der Waals surface area contributed by atoms with Gasteiger partial charge >= 0.3 is 0 Å². The monoisotopic (exact) mass is 507 g/mol. The van der Waals surface area contributed by atoms with Crippen molar-refractivity contribution in [3.63, 3.8) is 0 Å². The molecule has 1 amide bonds. The molecule has 34 heavy (non-hydrogen) atoms. The van der Waals surface area contributed by atoms with Crippen LogP contribution in [0.4, 0.5) is 0 Å². The summed E-state index contributed by atoms with van der Waals surface area (Å²) >= 11 is 6.19. The molecule has 0 aliphatic carbocycles. The molecule has 3 aromatic rings. The molecule has 1 aliphatic rings. The number of nitrogens with zero attached hydrogens (tertiary/aromatic N) is 4. The van der Waals surface area contributed by atoms with Gasteiger partial charge in [0.1, 0.15) is 18.7 Å². The van der Waals surface area contributed by atoms with Crippen LogP contribution in [0.5, 0.6) is 5.88 Å². The molecule has 1 fully saturated rings. The molecule has 3 heterocycles. The molecule has 1 N–H and O–H groups in total. The van der Waals surface area contributed by atoms with Crippen molar-refractivity contribution in [2.75, 3.05) is 26.2 Å². The molecule has 1 saturated heterocycles. The van der Waals surface area contributed by atoms with Crippen LogP contribution in [0, 0.1) is 0 Å². The van der Waals surface area contributed by atoms with Gasteiger partial charge in [0.05, 0.1) is 11.9 Å². The van der Waals surface area contributed by atoms with Gasteiger partial charge in [0.25, 0.3) is 5.56 Å². The van der Waals surface area contributed by atoms with Crippen LogP contribution in [0.15, 0.2) is 41.3 Å². The highest BCUT2D eigenvalue weighted by Crippen LogP contribution is 2.23. The fourth-order valence-electron chi connectivity index (χ4n) is 4.14. The van der Waals surface area contributed by atoms with E-state index < -0.39 is 0 Å². The quantitative estimate of drug-likeness (QED) is 0.503. The van der Waals surface area contributed by atoms with Gasteiger partial charge in [-0.15, -0.1) is 17.5 Å². The summed E-state index contributed by atoms with van der Waals surface area (Å²) in [7, 11) is 0. The molecule has 10 heteroatoms. The fourth-order valence-corrected chi connectivity index (χ4v) is 4.33. The fraction of sp³-hybridized carbons (Fsp3) is 0.458. The van der Waals surface area contributed by atoms with Gasteiger partial charge in [0.2, 0.25) is 11.8 Å². The van der Waals surface area contributed by atoms with E-state index in [9.17, 15) is 9.59 Å². The number of hydrogen-bond acceptors (Lipinski definition) is 5. The largest absolute Gasteiger partial charge is 0.475 e. The number of carbonyl (C=O) groups excluding carboxylic acids is 1. The number of piperidine rings is 1. The van der Waals surface area contributed by atoms with E-state index in [-0.39, 0.29) is 36.5 Å². The molecule has 4 rings (SSSR count). The zero-order valence-electron chi connectivity index (χ0n) is 19.5. The number of aromatic nitrogens is 3. The Morgan fingerprint density at radius 3 is 2.68 bits per heavy atom. The minimum Gasteiger partial charge on any atom is -0.475 e. The van der Waals surface area contributed by atoms with Crippen LogP contribution < -0.4 is 15.6 Å². The number of amides is 1. The van der Waals surface area contributed by atoms with Gasteiger partial charge in [-0.3, -0.25) is 19.1 Å². The van der Waals surface area contributed by atoms with Crippen LogP contribution in [-0.2, 0) is 11.3 Å². The van der Waals surface area contributed by atoms with Crippen LogP contribution >= 0.6 is 24.0 Å². The van der Waals surface area contributed by atoms with E-state index in [0.29, 0.717) is 28.7 Å². The first-order chi connectivity index (χ1) is 15.9. The third-order valence-corrected chi connectivity index (χ3v) is 5.93. The first-order valence-corrected chi connectivity index (χ1v) is 11.8. The molecular weight excluding hydrogens is 477 g/mol. The summed E-state index contributed by atoms with van der Waals surface area (Å²) < 4.78 is 8.84. The zero-order valence-corrected chi connectivity index (χ0v) is 21.1. The molecule has 8 nitrogen and oxygen atoms in total. The van der Waals surface area contributed by atoms with E-state index in [2.05, 4.69) is 15.3 Å². The Morgan fingerprint density at radius 2 is 1.97 bits per heavy atom. The number of carbonyl (C=O) groups is 1. The Hall–Kier alpha value is -2.55. The number of halogens is 2. The average Bonchev–Trinajstić information content (AvgIpc) is 3.19. The lowest BCUT2D eigenvalue weighted by molar-refractivity contribution is -0.122. The van der Waals surface area contributed by atoms with Gasteiger partial charge < -0.3 is 10.1 Å². The standard InChI is InChI=1S/C24H30ClN5O3.ClH/c1-17(2)26-22(31)16-29-21(18-7-6-8-19(25)13-18)15-30-20(24(29)32)14-23(27-30)33-12-11-28-9-4-3-5-10-28;/h6-8,13-15,17H,3-5,9-12,16H2,1-2H3,(H,26,31);1H. The second-order valence-corrected chi connectivity index (χ2v) is 9.14. The molecule has 2 aromatic heterocycles. The Morgan fingerprint density at radius 1 is 1.21 bits per heavy atom. The Bertz CT molecular complexity index is 1190. The highest BCUT2D eigenvalue weighted by molar-refractivity contribution is 6.30. The molecule has 1 aromatic carbocycles. The summed E-state index contributed by atoms with van der Waals surface area (Å²) in [6.07, 6.45) is 5.48. The number of benzene rings is 1. The first-order valence-electron chi connectivity index (χ1n) is 11.4. The van der Waals surface area contributed by atoms with Crippen LogP contribution in [0.1, 0.15) is 33.1 Å². The van der Waals surface area contributed by atoms with E-state index >= 15 is 0 Å². The Labute approximate surface area is 210 Å². The smallest absolute Gasteiger partial charge is 0.277 e. The van der Waals surface area contributed by atoms with Crippen molar-refractivity contribution in [3.05, 3.63) is 51.9 Å². The van der Waals surface area contributed by atoms with Crippen molar-refractivity contribution in [2.24, 2.45) is 0 Å². The number of hydrogen-bond donors (Lipinski definition) is 1. The van der Waals surface area contributed by atoms with Crippen LogP contribution in [0.2, 0.25) is 5.02 Å². The first kappa shape index (κ1) is 26.1. The topological polar surface area (TPSA) is 80.9 Å². The molecule has 0 bridgehead atoms. The van der Waals surface area contributed by atoms with E-state index in [1.165, 1.54) is 28.3 Å². The molecule has 1 aliphatic heterocycles. The van der Waals surface area contributed by atoms with E-state index in [4.69, 9.17) is 16.3 Å². The van der Waals surface area contributed by atoms with Crippen molar-refractivity contribution in [2.45, 2.75) is 45.7 Å². The third kappa shape index (κ3) is 6.31. The van der Waals surface area contributed by atoms with Gasteiger partial charge in [-0.1, -0.05) is 30.2 Å². The summed E-state index contributed by atoms with van der Waals surface area (Å²) in [6, 6.07) is 8.79. The maximum atomic E-state index is 13.4. The van der Waals surface area contributed by atoms with Gasteiger partial charge in [-0.2, -0.15) is 0 Å². The van der Waals surface area contributed by atoms with Crippen LogP contribution in [-0.4, -0.2) is 57.3 Å². The summed E-state index contributed by atoms with van der Waals surface area (Å²) in [5.41, 5.74) is 1.31. The number of fused-ring (bicyclic) bond motifs is 1. The number of rotatable bonds is 8. The normalized spacial score (nSPS) is 14.2. The maximum Gasteiger partial charge on any atom is 0.277 e. The van der Waals surface area contributed by atoms with Crippen molar-refractivity contribution in [1.29, 1.82) is 0 Å². The minimum absolute atomic E-state index is 0. The second kappa shape index (κ2) is 11.7. The molecule has 0 spiro atoms. The second-order valence-electron chi connectivity index (χ2n) is 8.70. The van der Waals surface area contributed by atoms with E-state index in [1.54, 1.807) is 24.4 Å². The number of nitrogens with one attached hydrogen (secondary N) is 1. The Balaban J connectivity index is 0.00000324. The summed E-state index contributed by atoms with van der Waals surface area (Å²) in [5.74, 6) is 0.155.